The third kappa shape index (κ3) is 13.6. The van der Waals surface area contributed by atoms with Crippen LogP contribution in [0.3, 0.4) is 0 Å². The van der Waals surface area contributed by atoms with E-state index in [0.717, 1.165) is 25.7 Å². The molecule has 2 fully saturated rings. The predicted octanol–water partition coefficient (Wildman–Crippen LogP) is 8.03. The highest BCUT2D eigenvalue weighted by Gasteiger charge is 2.26. The van der Waals surface area contributed by atoms with Crippen LogP contribution in [-0.4, -0.2) is 46.6 Å². The van der Waals surface area contributed by atoms with Crippen molar-refractivity contribution in [3.63, 3.8) is 0 Å². The summed E-state index contributed by atoms with van der Waals surface area (Å²) in [4.78, 5) is 0. The molecule has 0 unspecified atom stereocenters. The Labute approximate surface area is 277 Å². The van der Waals surface area contributed by atoms with Crippen molar-refractivity contribution in [3.8, 4) is 0 Å². The first kappa shape index (κ1) is 36.8. The van der Waals surface area contributed by atoms with Gasteiger partial charge >= 0.3 is 0 Å². The Balaban J connectivity index is 0.983. The molecule has 4 N–H and O–H groups in total. The van der Waals surface area contributed by atoms with Crippen LogP contribution in [0.5, 0.6) is 0 Å². The van der Waals surface area contributed by atoms with Crippen LogP contribution < -0.4 is 15.2 Å². The highest BCUT2D eigenvalue weighted by Crippen LogP contribution is 2.22. The quantitative estimate of drug-likeness (QED) is 0.0777. The van der Waals surface area contributed by atoms with Gasteiger partial charge < -0.3 is 20.8 Å². The van der Waals surface area contributed by atoms with Crippen molar-refractivity contribution in [1.82, 2.24) is 10.6 Å². The van der Waals surface area contributed by atoms with E-state index >= 15 is 0 Å². The maximum Gasteiger partial charge on any atom is 0.184 e. The fourth-order valence-corrected chi connectivity index (χ4v) is 8.46. The molecule has 1 aromatic heterocycles. The summed E-state index contributed by atoms with van der Waals surface area (Å²) in [5.41, 5.74) is 4.89. The topological polar surface area (TPSA) is 68.4 Å². The maximum atomic E-state index is 9.89. The molecule has 5 heteroatoms. The lowest BCUT2D eigenvalue weighted by molar-refractivity contribution is -0.691. The molecule has 0 spiro atoms. The summed E-state index contributed by atoms with van der Waals surface area (Å²) in [6.07, 6.45) is 36.2. The molecule has 2 saturated heterocycles. The van der Waals surface area contributed by atoms with E-state index < -0.39 is 0 Å². The summed E-state index contributed by atoms with van der Waals surface area (Å²) in [7, 11) is 0. The van der Waals surface area contributed by atoms with Crippen molar-refractivity contribution in [2.45, 2.75) is 224 Å². The SMILES string of the molecule is C[C@@H]1N[C@H](CCCCCCCCCCc2cc(CCCCCCCCCC[C@H]3CC[C@@H](O)[C@@H](C)N3)c3[n+](c2)CCC3)CC[C@H]1O. The molecule has 258 valence electrons. The normalized spacial score (nSPS) is 26.8. The van der Waals surface area contributed by atoms with Crippen molar-refractivity contribution in [3.05, 3.63) is 29.1 Å². The zero-order valence-electron chi connectivity index (χ0n) is 29.6. The van der Waals surface area contributed by atoms with Gasteiger partial charge in [0, 0.05) is 48.1 Å². The van der Waals surface area contributed by atoms with Crippen molar-refractivity contribution in [2.75, 3.05) is 0 Å². The Bertz CT molecular complexity index is 938. The van der Waals surface area contributed by atoms with E-state index in [0.29, 0.717) is 12.1 Å². The predicted molar refractivity (Wildman–Crippen MR) is 189 cm³/mol. The number of hydrogen-bond donors (Lipinski definition) is 4. The molecule has 3 aliphatic rings. The molecule has 0 saturated carbocycles. The first-order chi connectivity index (χ1) is 22.0. The molecule has 3 aliphatic heterocycles. The molecule has 0 aliphatic carbocycles. The van der Waals surface area contributed by atoms with Gasteiger partial charge in [0.05, 0.1) is 12.2 Å². The van der Waals surface area contributed by atoms with E-state index in [4.69, 9.17) is 0 Å². The largest absolute Gasteiger partial charge is 0.392 e. The van der Waals surface area contributed by atoms with Gasteiger partial charge in [-0.15, -0.1) is 0 Å². The van der Waals surface area contributed by atoms with E-state index in [1.54, 1.807) is 16.8 Å². The van der Waals surface area contributed by atoms with Crippen LogP contribution >= 0.6 is 0 Å². The summed E-state index contributed by atoms with van der Waals surface area (Å²) in [6, 6.07) is 4.38. The molecular formula is C40H72N3O2+. The zero-order valence-corrected chi connectivity index (χ0v) is 29.6. The molecular weight excluding hydrogens is 554 g/mol. The minimum Gasteiger partial charge on any atom is -0.392 e. The Morgan fingerprint density at radius 1 is 0.622 bits per heavy atom. The molecule has 1 aromatic rings. The number of aliphatic hydroxyl groups is 2. The van der Waals surface area contributed by atoms with E-state index in [-0.39, 0.29) is 24.3 Å². The molecule has 0 aromatic carbocycles. The van der Waals surface area contributed by atoms with Crippen LogP contribution in [0.2, 0.25) is 0 Å². The second kappa shape index (κ2) is 21.1. The van der Waals surface area contributed by atoms with Crippen LogP contribution in [0.1, 0.15) is 178 Å². The number of hydrogen-bond acceptors (Lipinski definition) is 4. The lowest BCUT2D eigenvalue weighted by atomic mass is 9.93. The number of aryl methyl sites for hydroxylation is 3. The molecule has 0 radical (unpaired) electrons. The van der Waals surface area contributed by atoms with Crippen molar-refractivity contribution in [2.24, 2.45) is 0 Å². The summed E-state index contributed by atoms with van der Waals surface area (Å²) in [5.74, 6) is 0. The number of nitrogens with zero attached hydrogens (tertiary/aromatic N) is 1. The molecule has 0 amide bonds. The third-order valence-corrected chi connectivity index (χ3v) is 11.5. The van der Waals surface area contributed by atoms with Gasteiger partial charge in [-0.05, 0) is 84.1 Å². The van der Waals surface area contributed by atoms with Gasteiger partial charge in [-0.25, -0.2) is 4.57 Å². The first-order valence-corrected chi connectivity index (χ1v) is 19.9. The van der Waals surface area contributed by atoms with Crippen LogP contribution in [-0.2, 0) is 25.8 Å². The number of unbranched alkanes of at least 4 members (excludes halogenated alkanes) is 14. The number of piperidine rings is 2. The Kier molecular flexibility index (Phi) is 17.2. The van der Waals surface area contributed by atoms with Crippen molar-refractivity contribution in [1.29, 1.82) is 0 Å². The average molecular weight is 627 g/mol. The first-order valence-electron chi connectivity index (χ1n) is 19.9. The van der Waals surface area contributed by atoms with Gasteiger partial charge in [0.15, 0.2) is 11.9 Å². The van der Waals surface area contributed by atoms with Crippen molar-refractivity contribution >= 4 is 0 Å². The van der Waals surface area contributed by atoms with Gasteiger partial charge in [-0.1, -0.05) is 89.9 Å². The standard InChI is InChI=1S/C40H72N3O2/c1-32-39(44)27-25-36(41-32)22-17-13-9-5-3-7-11-15-20-34-30-35(38-24-19-29-43(38)31-34)21-16-12-8-4-6-10-14-18-23-37-26-28-40(45)33(2)42-37/h30-33,36-37,39-42,44-45H,3-29H2,1-2H3/q+1/t32-,33+,36+,37-,39+,40+/m0/s1. The number of nitrogens with one attached hydrogen (secondary N) is 2. The molecule has 6 atom stereocenters. The Morgan fingerprint density at radius 2 is 1.09 bits per heavy atom. The van der Waals surface area contributed by atoms with Crippen LogP contribution in [0.4, 0.5) is 0 Å². The molecule has 0 bridgehead atoms. The zero-order chi connectivity index (χ0) is 31.7. The fourth-order valence-electron chi connectivity index (χ4n) is 8.46. The van der Waals surface area contributed by atoms with E-state index in [1.165, 1.54) is 148 Å². The highest BCUT2D eigenvalue weighted by molar-refractivity contribution is 5.23. The smallest absolute Gasteiger partial charge is 0.184 e. The summed E-state index contributed by atoms with van der Waals surface area (Å²) in [6.45, 7) is 5.47. The summed E-state index contributed by atoms with van der Waals surface area (Å²) >= 11 is 0. The number of fused-ring (bicyclic) bond motifs is 1. The molecule has 5 nitrogen and oxygen atoms in total. The summed E-state index contributed by atoms with van der Waals surface area (Å²) in [5, 5.41) is 27.0. The number of pyridine rings is 1. The highest BCUT2D eigenvalue weighted by atomic mass is 16.3. The fraction of sp³-hybridized carbons (Fsp3) is 0.875. The van der Waals surface area contributed by atoms with E-state index in [2.05, 4.69) is 41.3 Å². The number of aromatic nitrogens is 1. The minimum atomic E-state index is -0.146. The monoisotopic (exact) mass is 627 g/mol. The van der Waals surface area contributed by atoms with E-state index in [1.807, 2.05) is 0 Å². The minimum absolute atomic E-state index is 0.146. The number of rotatable bonds is 22. The van der Waals surface area contributed by atoms with Crippen molar-refractivity contribution < 1.29 is 14.8 Å². The van der Waals surface area contributed by atoms with E-state index in [9.17, 15) is 10.2 Å². The van der Waals surface area contributed by atoms with Crippen LogP contribution in [0.25, 0.3) is 0 Å². The average Bonchev–Trinajstić information content (AvgIpc) is 3.51. The second-order valence-electron chi connectivity index (χ2n) is 15.4. The maximum absolute atomic E-state index is 9.89. The summed E-state index contributed by atoms with van der Waals surface area (Å²) < 4.78 is 2.60. The molecule has 4 rings (SSSR count). The third-order valence-electron chi connectivity index (χ3n) is 11.5. The van der Waals surface area contributed by atoms with Gasteiger partial charge in [-0.3, -0.25) is 0 Å². The number of aliphatic hydroxyl groups excluding tert-OH is 2. The lowest BCUT2D eigenvalue weighted by Gasteiger charge is -2.32. The Morgan fingerprint density at radius 3 is 1.60 bits per heavy atom. The van der Waals surface area contributed by atoms with Gasteiger partial charge in [0.1, 0.15) is 6.54 Å². The lowest BCUT2D eigenvalue weighted by Crippen LogP contribution is -2.48. The van der Waals surface area contributed by atoms with Crippen LogP contribution in [0.15, 0.2) is 12.3 Å². The molecule has 4 heterocycles. The Hall–Kier alpha value is -1.01. The van der Waals surface area contributed by atoms with Gasteiger partial charge in [0.25, 0.3) is 0 Å². The van der Waals surface area contributed by atoms with Crippen LogP contribution in [0, 0.1) is 0 Å². The second-order valence-corrected chi connectivity index (χ2v) is 15.4. The van der Waals surface area contributed by atoms with Gasteiger partial charge in [0.2, 0.25) is 0 Å². The van der Waals surface area contributed by atoms with Gasteiger partial charge in [-0.2, -0.15) is 0 Å². The molecule has 45 heavy (non-hydrogen) atoms.